The van der Waals surface area contributed by atoms with Crippen molar-refractivity contribution in [1.29, 1.82) is 0 Å². The first-order valence-corrected chi connectivity index (χ1v) is 7.08. The van der Waals surface area contributed by atoms with Gasteiger partial charge in [0.05, 0.1) is 11.9 Å². The first-order valence-electron chi connectivity index (χ1n) is 6.70. The number of rotatable bonds is 4. The predicted molar refractivity (Wildman–Crippen MR) is 84.8 cm³/mol. The summed E-state index contributed by atoms with van der Waals surface area (Å²) in [6.07, 6.45) is 5.40. The Morgan fingerprint density at radius 1 is 1.19 bits per heavy atom. The topological polar surface area (TPSA) is 42.7 Å². The number of nitrogens with one attached hydrogen (secondary N) is 1. The number of aromatic nitrogens is 3. The van der Waals surface area contributed by atoms with Gasteiger partial charge in [0.2, 0.25) is 0 Å². The SMILES string of the molecule is CC(Nc1ccc(-n2cccn2)nc1)c1cccc(Cl)c1. The smallest absolute Gasteiger partial charge is 0.153 e. The molecule has 2 heterocycles. The average Bonchev–Trinajstić information content (AvgIpc) is 3.02. The summed E-state index contributed by atoms with van der Waals surface area (Å²) in [7, 11) is 0. The molecule has 2 aromatic heterocycles. The van der Waals surface area contributed by atoms with Gasteiger partial charge in [0.15, 0.2) is 5.82 Å². The Bertz CT molecular complexity index is 707. The second-order valence-electron chi connectivity index (χ2n) is 4.78. The van der Waals surface area contributed by atoms with Gasteiger partial charge >= 0.3 is 0 Å². The van der Waals surface area contributed by atoms with E-state index in [9.17, 15) is 0 Å². The van der Waals surface area contributed by atoms with Crippen molar-refractivity contribution >= 4 is 17.3 Å². The molecule has 0 aliphatic carbocycles. The van der Waals surface area contributed by atoms with Crippen LogP contribution in [0.5, 0.6) is 0 Å². The molecular weight excluding hydrogens is 284 g/mol. The molecule has 0 saturated carbocycles. The van der Waals surface area contributed by atoms with Crippen molar-refractivity contribution in [3.05, 3.63) is 71.6 Å². The molecule has 0 bridgehead atoms. The van der Waals surface area contributed by atoms with Crippen LogP contribution in [0, 0.1) is 0 Å². The summed E-state index contributed by atoms with van der Waals surface area (Å²) in [5.41, 5.74) is 2.09. The van der Waals surface area contributed by atoms with Gasteiger partial charge in [-0.05, 0) is 42.8 Å². The number of hydrogen-bond donors (Lipinski definition) is 1. The van der Waals surface area contributed by atoms with Gasteiger partial charge in [0.1, 0.15) is 0 Å². The van der Waals surface area contributed by atoms with E-state index in [-0.39, 0.29) is 6.04 Å². The first kappa shape index (κ1) is 13.6. The number of anilines is 1. The summed E-state index contributed by atoms with van der Waals surface area (Å²) in [5.74, 6) is 0.793. The zero-order valence-corrected chi connectivity index (χ0v) is 12.3. The Labute approximate surface area is 128 Å². The molecular formula is C16H15ClN4. The molecule has 4 nitrogen and oxygen atoms in total. The number of benzene rings is 1. The van der Waals surface area contributed by atoms with Crippen LogP contribution in [-0.2, 0) is 0 Å². The fourth-order valence-electron chi connectivity index (χ4n) is 2.12. The first-order chi connectivity index (χ1) is 10.2. The Balaban J connectivity index is 1.73. The third kappa shape index (κ3) is 3.23. The molecule has 0 radical (unpaired) electrons. The van der Waals surface area contributed by atoms with Gasteiger partial charge in [-0.25, -0.2) is 9.67 Å². The second kappa shape index (κ2) is 5.97. The highest BCUT2D eigenvalue weighted by Gasteiger charge is 2.06. The van der Waals surface area contributed by atoms with Gasteiger partial charge in [-0.1, -0.05) is 23.7 Å². The summed E-state index contributed by atoms with van der Waals surface area (Å²) in [4.78, 5) is 4.40. The van der Waals surface area contributed by atoms with Crippen LogP contribution in [-0.4, -0.2) is 14.8 Å². The molecule has 1 atom stereocenters. The van der Waals surface area contributed by atoms with E-state index < -0.39 is 0 Å². The summed E-state index contributed by atoms with van der Waals surface area (Å²) >= 11 is 6.02. The molecule has 0 fully saturated rings. The summed E-state index contributed by atoms with van der Waals surface area (Å²) in [6, 6.07) is 13.8. The Morgan fingerprint density at radius 3 is 2.76 bits per heavy atom. The molecule has 1 N–H and O–H groups in total. The third-order valence-corrected chi connectivity index (χ3v) is 3.45. The average molecular weight is 299 g/mol. The van der Waals surface area contributed by atoms with Gasteiger partial charge in [-0.15, -0.1) is 0 Å². The van der Waals surface area contributed by atoms with Crippen LogP contribution in [0.4, 0.5) is 5.69 Å². The maximum absolute atomic E-state index is 6.02. The molecule has 1 unspecified atom stereocenters. The summed E-state index contributed by atoms with van der Waals surface area (Å²) in [6.45, 7) is 2.09. The van der Waals surface area contributed by atoms with Crippen LogP contribution < -0.4 is 5.32 Å². The zero-order chi connectivity index (χ0) is 14.7. The van der Waals surface area contributed by atoms with Crippen molar-refractivity contribution in [3.8, 4) is 5.82 Å². The van der Waals surface area contributed by atoms with E-state index in [0.29, 0.717) is 0 Å². The number of hydrogen-bond acceptors (Lipinski definition) is 3. The third-order valence-electron chi connectivity index (χ3n) is 3.22. The molecule has 21 heavy (non-hydrogen) atoms. The number of pyridine rings is 1. The highest BCUT2D eigenvalue weighted by molar-refractivity contribution is 6.30. The van der Waals surface area contributed by atoms with E-state index in [1.165, 1.54) is 0 Å². The van der Waals surface area contributed by atoms with Crippen molar-refractivity contribution in [3.63, 3.8) is 0 Å². The van der Waals surface area contributed by atoms with E-state index >= 15 is 0 Å². The zero-order valence-electron chi connectivity index (χ0n) is 11.6. The van der Waals surface area contributed by atoms with Gasteiger partial charge in [0, 0.05) is 23.5 Å². The van der Waals surface area contributed by atoms with Crippen LogP contribution in [0.3, 0.4) is 0 Å². The Kier molecular flexibility index (Phi) is 3.88. The minimum Gasteiger partial charge on any atom is -0.377 e. The molecule has 0 aliphatic heterocycles. The normalized spacial score (nSPS) is 12.1. The van der Waals surface area contributed by atoms with Crippen molar-refractivity contribution in [2.45, 2.75) is 13.0 Å². The second-order valence-corrected chi connectivity index (χ2v) is 5.21. The summed E-state index contributed by atoms with van der Waals surface area (Å²) < 4.78 is 1.73. The maximum Gasteiger partial charge on any atom is 0.153 e. The standard InChI is InChI=1S/C16H15ClN4/c1-12(13-4-2-5-14(17)10-13)20-15-6-7-16(18-11-15)21-9-3-8-19-21/h2-12,20H,1H3. The molecule has 106 valence electrons. The van der Waals surface area contributed by atoms with Crippen molar-refractivity contribution in [2.75, 3.05) is 5.32 Å². The van der Waals surface area contributed by atoms with E-state index in [4.69, 9.17) is 11.6 Å². The molecule has 3 aromatic rings. The van der Waals surface area contributed by atoms with E-state index in [2.05, 4.69) is 28.4 Å². The minimum absolute atomic E-state index is 0.154. The van der Waals surface area contributed by atoms with E-state index in [1.54, 1.807) is 17.1 Å². The van der Waals surface area contributed by atoms with Crippen LogP contribution in [0.1, 0.15) is 18.5 Å². The lowest BCUT2D eigenvalue weighted by atomic mass is 10.1. The Hall–Kier alpha value is -2.33. The highest BCUT2D eigenvalue weighted by Crippen LogP contribution is 2.21. The van der Waals surface area contributed by atoms with Gasteiger partial charge in [-0.2, -0.15) is 5.10 Å². The molecule has 0 aliphatic rings. The Morgan fingerprint density at radius 2 is 2.10 bits per heavy atom. The maximum atomic E-state index is 6.02. The molecule has 0 spiro atoms. The quantitative estimate of drug-likeness (QED) is 0.789. The lowest BCUT2D eigenvalue weighted by Crippen LogP contribution is -2.07. The number of nitrogens with zero attached hydrogens (tertiary/aromatic N) is 3. The fraction of sp³-hybridized carbons (Fsp3) is 0.125. The van der Waals surface area contributed by atoms with Gasteiger partial charge in [-0.3, -0.25) is 0 Å². The largest absolute Gasteiger partial charge is 0.377 e. The monoisotopic (exact) mass is 298 g/mol. The van der Waals surface area contributed by atoms with Crippen molar-refractivity contribution in [2.24, 2.45) is 0 Å². The minimum atomic E-state index is 0.154. The molecule has 0 amide bonds. The van der Waals surface area contributed by atoms with Crippen molar-refractivity contribution in [1.82, 2.24) is 14.8 Å². The van der Waals surface area contributed by atoms with Crippen LogP contribution in [0.2, 0.25) is 5.02 Å². The lowest BCUT2D eigenvalue weighted by Gasteiger charge is -2.16. The number of halogens is 1. The van der Waals surface area contributed by atoms with Crippen LogP contribution in [0.15, 0.2) is 61.1 Å². The molecule has 0 saturated heterocycles. The predicted octanol–water partition coefficient (Wildman–Crippen LogP) is 4.09. The molecule has 3 rings (SSSR count). The van der Waals surface area contributed by atoms with Crippen LogP contribution in [0.25, 0.3) is 5.82 Å². The molecule has 1 aromatic carbocycles. The summed E-state index contributed by atoms with van der Waals surface area (Å²) in [5, 5.41) is 8.30. The van der Waals surface area contributed by atoms with Crippen molar-refractivity contribution < 1.29 is 0 Å². The highest BCUT2D eigenvalue weighted by atomic mass is 35.5. The van der Waals surface area contributed by atoms with Crippen LogP contribution >= 0.6 is 11.6 Å². The van der Waals surface area contributed by atoms with E-state index in [0.717, 1.165) is 22.1 Å². The van der Waals surface area contributed by atoms with E-state index in [1.807, 2.05) is 42.6 Å². The lowest BCUT2D eigenvalue weighted by molar-refractivity contribution is 0.842. The van der Waals surface area contributed by atoms with Gasteiger partial charge < -0.3 is 5.32 Å². The molecule has 5 heteroatoms. The fourth-order valence-corrected chi connectivity index (χ4v) is 2.32. The van der Waals surface area contributed by atoms with Gasteiger partial charge in [0.25, 0.3) is 0 Å².